The summed E-state index contributed by atoms with van der Waals surface area (Å²) in [5.41, 5.74) is 1.88. The highest BCUT2D eigenvalue weighted by atomic mass is 32.2. The van der Waals surface area contributed by atoms with Crippen LogP contribution in [0.1, 0.15) is 31.7 Å². The van der Waals surface area contributed by atoms with Crippen LogP contribution in [0, 0.1) is 0 Å². The minimum atomic E-state index is -0.0262. The normalized spacial score (nSPS) is 20.9. The number of hydrogen-bond acceptors (Lipinski definition) is 3. The summed E-state index contributed by atoms with van der Waals surface area (Å²) < 4.78 is 5.13. The molecule has 0 aliphatic heterocycles. The molecule has 22 heavy (non-hydrogen) atoms. The molecule has 1 aromatic rings. The number of hydrogen-bond donors (Lipinski definition) is 1. The number of amides is 2. The van der Waals surface area contributed by atoms with Crippen molar-refractivity contribution in [3.63, 3.8) is 0 Å². The average Bonchev–Trinajstić information content (AvgIpc) is 2.96. The number of urea groups is 1. The van der Waals surface area contributed by atoms with Crippen LogP contribution in [0.4, 0.5) is 10.5 Å². The molecule has 4 nitrogen and oxygen atoms in total. The van der Waals surface area contributed by atoms with E-state index in [-0.39, 0.29) is 6.03 Å². The van der Waals surface area contributed by atoms with Gasteiger partial charge in [-0.2, -0.15) is 11.8 Å². The molecule has 1 aliphatic carbocycles. The van der Waals surface area contributed by atoms with E-state index in [0.29, 0.717) is 17.9 Å². The zero-order chi connectivity index (χ0) is 15.9. The molecule has 0 spiro atoms. The van der Waals surface area contributed by atoms with E-state index in [0.717, 1.165) is 29.8 Å². The summed E-state index contributed by atoms with van der Waals surface area (Å²) in [5, 5.41) is 3.69. The summed E-state index contributed by atoms with van der Waals surface area (Å²) in [7, 11) is 3.57. The largest absolute Gasteiger partial charge is 0.380 e. The number of ether oxygens (including phenoxy) is 1. The predicted molar refractivity (Wildman–Crippen MR) is 93.5 cm³/mol. The second kappa shape index (κ2) is 8.44. The van der Waals surface area contributed by atoms with Gasteiger partial charge in [-0.1, -0.05) is 19.1 Å². The lowest BCUT2D eigenvalue weighted by molar-refractivity contribution is 0.185. The Bertz CT molecular complexity index is 495. The van der Waals surface area contributed by atoms with Crippen LogP contribution in [0.25, 0.3) is 0 Å². The van der Waals surface area contributed by atoms with Crippen molar-refractivity contribution in [2.45, 2.75) is 44.1 Å². The third kappa shape index (κ3) is 4.65. The monoisotopic (exact) mass is 322 g/mol. The predicted octanol–water partition coefficient (Wildman–Crippen LogP) is 3.97. The van der Waals surface area contributed by atoms with Crippen molar-refractivity contribution < 1.29 is 9.53 Å². The van der Waals surface area contributed by atoms with Crippen LogP contribution in [0.2, 0.25) is 0 Å². The van der Waals surface area contributed by atoms with Gasteiger partial charge < -0.3 is 15.0 Å². The minimum absolute atomic E-state index is 0.0262. The van der Waals surface area contributed by atoms with Crippen LogP contribution < -0.4 is 5.32 Å². The number of methoxy groups -OCH3 is 1. The van der Waals surface area contributed by atoms with Crippen molar-refractivity contribution in [3.8, 4) is 0 Å². The standard InChI is InChI=1S/C17H26N2O2S/c1-4-22-16-9-8-15(11-16)19(2)17(20)18-14-7-5-6-13(10-14)12-21-3/h5-7,10,15-16H,4,8-9,11-12H2,1-3H3,(H,18,20)/t15-,16+/m0/s1. The molecular weight excluding hydrogens is 296 g/mol. The van der Waals surface area contributed by atoms with Crippen molar-refractivity contribution in [2.75, 3.05) is 25.2 Å². The highest BCUT2D eigenvalue weighted by molar-refractivity contribution is 7.99. The molecule has 0 heterocycles. The van der Waals surface area contributed by atoms with Gasteiger partial charge in [-0.05, 0) is 42.7 Å². The first-order chi connectivity index (χ1) is 10.6. The lowest BCUT2D eigenvalue weighted by atomic mass is 10.2. The molecule has 0 aromatic heterocycles. The van der Waals surface area contributed by atoms with Crippen LogP contribution in [0.3, 0.4) is 0 Å². The van der Waals surface area contributed by atoms with Crippen molar-refractivity contribution in [1.82, 2.24) is 4.90 Å². The lowest BCUT2D eigenvalue weighted by Gasteiger charge is -2.25. The summed E-state index contributed by atoms with van der Waals surface area (Å²) >= 11 is 2.01. The summed E-state index contributed by atoms with van der Waals surface area (Å²) in [6.07, 6.45) is 3.42. The molecule has 1 N–H and O–H groups in total. The minimum Gasteiger partial charge on any atom is -0.380 e. The molecule has 122 valence electrons. The van der Waals surface area contributed by atoms with Crippen molar-refractivity contribution >= 4 is 23.5 Å². The van der Waals surface area contributed by atoms with Gasteiger partial charge in [0.2, 0.25) is 0 Å². The molecule has 0 unspecified atom stereocenters. The maximum absolute atomic E-state index is 12.4. The first kappa shape index (κ1) is 17.2. The van der Waals surface area contributed by atoms with Crippen LogP contribution in [-0.2, 0) is 11.3 Å². The Kier molecular flexibility index (Phi) is 6.58. The first-order valence-corrected chi connectivity index (χ1v) is 8.92. The van der Waals surface area contributed by atoms with Gasteiger partial charge >= 0.3 is 6.03 Å². The van der Waals surface area contributed by atoms with E-state index in [1.165, 1.54) is 6.42 Å². The van der Waals surface area contributed by atoms with Crippen LogP contribution in [-0.4, -0.2) is 42.1 Å². The van der Waals surface area contributed by atoms with Gasteiger partial charge in [0.25, 0.3) is 0 Å². The van der Waals surface area contributed by atoms with Crippen molar-refractivity contribution in [2.24, 2.45) is 0 Å². The van der Waals surface area contributed by atoms with E-state index in [9.17, 15) is 4.79 Å². The molecule has 1 aliphatic rings. The first-order valence-electron chi connectivity index (χ1n) is 7.87. The zero-order valence-corrected chi connectivity index (χ0v) is 14.5. The van der Waals surface area contributed by atoms with Crippen LogP contribution in [0.5, 0.6) is 0 Å². The van der Waals surface area contributed by atoms with Gasteiger partial charge in [0, 0.05) is 31.1 Å². The Morgan fingerprint density at radius 1 is 1.45 bits per heavy atom. The average molecular weight is 322 g/mol. The number of carbonyl (C=O) groups excluding carboxylic acids is 1. The second-order valence-corrected chi connectivity index (χ2v) is 7.30. The van der Waals surface area contributed by atoms with Crippen LogP contribution >= 0.6 is 11.8 Å². The summed E-state index contributed by atoms with van der Waals surface area (Å²) in [4.78, 5) is 14.3. The number of benzene rings is 1. The molecule has 1 fully saturated rings. The maximum atomic E-state index is 12.4. The van der Waals surface area contributed by atoms with Gasteiger partial charge in [-0.15, -0.1) is 0 Å². The summed E-state index contributed by atoms with van der Waals surface area (Å²) in [6.45, 7) is 2.75. The third-order valence-corrected chi connectivity index (χ3v) is 5.35. The van der Waals surface area contributed by atoms with E-state index in [1.54, 1.807) is 7.11 Å². The molecule has 1 aromatic carbocycles. The summed E-state index contributed by atoms with van der Waals surface area (Å²) in [6, 6.07) is 8.13. The molecule has 5 heteroatoms. The molecular formula is C17H26N2O2S. The Morgan fingerprint density at radius 2 is 2.27 bits per heavy atom. The van der Waals surface area contributed by atoms with E-state index in [1.807, 2.05) is 48.0 Å². The van der Waals surface area contributed by atoms with Gasteiger partial charge in [-0.3, -0.25) is 0 Å². The number of carbonyl (C=O) groups is 1. The Morgan fingerprint density at radius 3 is 3.00 bits per heavy atom. The Balaban J connectivity index is 1.90. The third-order valence-electron chi connectivity index (χ3n) is 4.12. The number of anilines is 1. The fourth-order valence-corrected chi connectivity index (χ4v) is 4.07. The smallest absolute Gasteiger partial charge is 0.321 e. The molecule has 1 saturated carbocycles. The maximum Gasteiger partial charge on any atom is 0.321 e. The van der Waals surface area contributed by atoms with Gasteiger partial charge in [0.1, 0.15) is 0 Å². The molecule has 2 amide bonds. The number of nitrogens with zero attached hydrogens (tertiary/aromatic N) is 1. The Hall–Kier alpha value is -1.20. The number of rotatable bonds is 6. The van der Waals surface area contributed by atoms with E-state index in [4.69, 9.17) is 4.74 Å². The zero-order valence-electron chi connectivity index (χ0n) is 13.7. The van der Waals surface area contributed by atoms with Gasteiger partial charge in [0.15, 0.2) is 0 Å². The molecule has 2 rings (SSSR count). The molecule has 0 radical (unpaired) electrons. The van der Waals surface area contributed by atoms with Crippen LogP contribution in [0.15, 0.2) is 24.3 Å². The van der Waals surface area contributed by atoms with Crippen molar-refractivity contribution in [3.05, 3.63) is 29.8 Å². The fourth-order valence-electron chi connectivity index (χ4n) is 2.94. The highest BCUT2D eigenvalue weighted by Crippen LogP contribution is 2.32. The van der Waals surface area contributed by atoms with Gasteiger partial charge in [-0.25, -0.2) is 4.79 Å². The molecule has 2 atom stereocenters. The second-order valence-electron chi connectivity index (χ2n) is 5.72. The van der Waals surface area contributed by atoms with Gasteiger partial charge in [0.05, 0.1) is 6.61 Å². The molecule has 0 bridgehead atoms. The topological polar surface area (TPSA) is 41.6 Å². The lowest BCUT2D eigenvalue weighted by Crippen LogP contribution is -2.38. The van der Waals surface area contributed by atoms with E-state index >= 15 is 0 Å². The Labute approximate surface area is 137 Å². The fraction of sp³-hybridized carbons (Fsp3) is 0.588. The van der Waals surface area contributed by atoms with E-state index in [2.05, 4.69) is 12.2 Å². The molecule has 0 saturated heterocycles. The summed E-state index contributed by atoms with van der Waals surface area (Å²) in [5.74, 6) is 1.15. The highest BCUT2D eigenvalue weighted by Gasteiger charge is 2.29. The quantitative estimate of drug-likeness (QED) is 0.861. The number of thioether (sulfide) groups is 1. The SMILES string of the molecule is CCS[C@@H]1CC[C@H](N(C)C(=O)Nc2cccc(COC)c2)C1. The number of nitrogens with one attached hydrogen (secondary N) is 1. The van der Waals surface area contributed by atoms with Crippen molar-refractivity contribution in [1.29, 1.82) is 0 Å². The van der Waals surface area contributed by atoms with E-state index < -0.39 is 0 Å².